The molecule has 0 atom stereocenters. The zero-order chi connectivity index (χ0) is 27.4. The SMILES string of the molecule is CC/C(C)=C(/C)c1cc(Oc2cccc(C(=O)Nc3cc(O)c(-c4ccc(F)cc4)c(O)c3)c2)ccc1C. The molecule has 0 fully saturated rings. The molecule has 0 radical (unpaired) electrons. The highest BCUT2D eigenvalue weighted by Crippen LogP contribution is 2.40. The summed E-state index contributed by atoms with van der Waals surface area (Å²) in [5.74, 6) is -0.199. The summed E-state index contributed by atoms with van der Waals surface area (Å²) in [4.78, 5) is 13.0. The molecule has 0 aliphatic rings. The molecule has 0 heterocycles. The topological polar surface area (TPSA) is 78.8 Å². The van der Waals surface area contributed by atoms with Crippen LogP contribution in [0.15, 0.2) is 84.4 Å². The van der Waals surface area contributed by atoms with E-state index >= 15 is 0 Å². The summed E-state index contributed by atoms with van der Waals surface area (Å²) in [6, 6.07) is 20.7. The number of ether oxygens (including phenoxy) is 1. The number of aryl methyl sites for hydroxylation is 1. The van der Waals surface area contributed by atoms with Crippen LogP contribution in [0.5, 0.6) is 23.0 Å². The fraction of sp³-hybridized carbons (Fsp3) is 0.156. The Morgan fingerprint density at radius 3 is 2.21 bits per heavy atom. The summed E-state index contributed by atoms with van der Waals surface area (Å²) in [5.41, 5.74) is 5.96. The molecule has 3 N–H and O–H groups in total. The molecule has 0 aliphatic heterocycles. The van der Waals surface area contributed by atoms with Crippen LogP contribution in [0.2, 0.25) is 0 Å². The molecule has 0 unspecified atom stereocenters. The van der Waals surface area contributed by atoms with Crippen LogP contribution < -0.4 is 10.1 Å². The van der Waals surface area contributed by atoms with Crippen LogP contribution in [0.1, 0.15) is 48.7 Å². The van der Waals surface area contributed by atoms with Gasteiger partial charge in [-0.1, -0.05) is 36.8 Å². The third-order valence-corrected chi connectivity index (χ3v) is 6.60. The standard InChI is InChI=1S/C32H30FNO4/c1-5-19(2)21(4)28-18-27(14-9-20(28)3)38-26-8-6-7-23(15-26)32(37)34-25-16-29(35)31(30(36)17-25)22-10-12-24(33)13-11-22/h6-18,35-36H,5H2,1-4H3,(H,34,37)/b21-19-. The van der Waals surface area contributed by atoms with Crippen molar-refractivity contribution in [1.82, 2.24) is 0 Å². The third-order valence-electron chi connectivity index (χ3n) is 6.60. The lowest BCUT2D eigenvalue weighted by Crippen LogP contribution is -2.11. The summed E-state index contributed by atoms with van der Waals surface area (Å²) in [5, 5.41) is 23.7. The molecule has 4 rings (SSSR count). The molecule has 5 nitrogen and oxygen atoms in total. The van der Waals surface area contributed by atoms with Gasteiger partial charge in [0.1, 0.15) is 28.8 Å². The maximum Gasteiger partial charge on any atom is 0.255 e. The highest BCUT2D eigenvalue weighted by Gasteiger charge is 2.15. The number of carbonyl (C=O) groups excluding carboxylic acids is 1. The number of halogens is 1. The Morgan fingerprint density at radius 2 is 1.55 bits per heavy atom. The number of amides is 1. The lowest BCUT2D eigenvalue weighted by atomic mass is 9.96. The van der Waals surface area contributed by atoms with Gasteiger partial charge >= 0.3 is 0 Å². The van der Waals surface area contributed by atoms with Gasteiger partial charge in [0.15, 0.2) is 0 Å². The molecule has 0 bridgehead atoms. The number of benzene rings is 4. The average molecular weight is 512 g/mol. The van der Waals surface area contributed by atoms with Crippen molar-refractivity contribution in [2.45, 2.75) is 34.1 Å². The van der Waals surface area contributed by atoms with Gasteiger partial charge in [0.2, 0.25) is 0 Å². The van der Waals surface area contributed by atoms with Gasteiger partial charge in [-0.2, -0.15) is 0 Å². The molecule has 38 heavy (non-hydrogen) atoms. The van der Waals surface area contributed by atoms with Gasteiger partial charge in [0, 0.05) is 23.4 Å². The number of carbonyl (C=O) groups is 1. The van der Waals surface area contributed by atoms with Crippen LogP contribution in [0.4, 0.5) is 10.1 Å². The molecule has 0 saturated heterocycles. The van der Waals surface area contributed by atoms with Gasteiger partial charge in [-0.25, -0.2) is 4.39 Å². The van der Waals surface area contributed by atoms with E-state index in [0.29, 0.717) is 22.6 Å². The molecule has 1 amide bonds. The smallest absolute Gasteiger partial charge is 0.255 e. The van der Waals surface area contributed by atoms with Gasteiger partial charge in [-0.3, -0.25) is 4.79 Å². The number of hydrogen-bond acceptors (Lipinski definition) is 4. The van der Waals surface area contributed by atoms with Crippen molar-refractivity contribution in [3.8, 4) is 34.1 Å². The fourth-order valence-corrected chi connectivity index (χ4v) is 4.20. The number of phenolic OH excluding ortho intramolecular Hbond substituents is 2. The fourth-order valence-electron chi connectivity index (χ4n) is 4.20. The Hall–Kier alpha value is -4.58. The summed E-state index contributed by atoms with van der Waals surface area (Å²) in [6.45, 7) is 8.43. The summed E-state index contributed by atoms with van der Waals surface area (Å²) in [6.07, 6.45) is 0.970. The van der Waals surface area contributed by atoms with Crippen LogP contribution >= 0.6 is 0 Å². The molecule has 194 valence electrons. The third kappa shape index (κ3) is 5.86. The molecule has 0 aromatic heterocycles. The largest absolute Gasteiger partial charge is 0.507 e. The zero-order valence-electron chi connectivity index (χ0n) is 21.8. The second kappa shape index (κ2) is 11.2. The van der Waals surface area contributed by atoms with Gasteiger partial charge in [-0.05, 0) is 91.9 Å². The molecular weight excluding hydrogens is 481 g/mol. The second-order valence-electron chi connectivity index (χ2n) is 9.22. The Labute approximate surface area is 221 Å². The minimum absolute atomic E-state index is 0.148. The predicted molar refractivity (Wildman–Crippen MR) is 149 cm³/mol. The van der Waals surface area contributed by atoms with Crippen molar-refractivity contribution in [1.29, 1.82) is 0 Å². The number of hydrogen-bond donors (Lipinski definition) is 3. The number of aromatic hydroxyl groups is 2. The Morgan fingerprint density at radius 1 is 0.895 bits per heavy atom. The van der Waals surface area contributed by atoms with E-state index in [2.05, 4.69) is 33.0 Å². The first-order valence-electron chi connectivity index (χ1n) is 12.3. The van der Waals surface area contributed by atoms with Crippen molar-refractivity contribution >= 4 is 17.2 Å². The molecule has 6 heteroatoms. The molecule has 4 aromatic rings. The van der Waals surface area contributed by atoms with Gasteiger partial charge in [0.25, 0.3) is 5.91 Å². The first kappa shape index (κ1) is 26.5. The van der Waals surface area contributed by atoms with Crippen molar-refractivity contribution in [2.75, 3.05) is 5.32 Å². The lowest BCUT2D eigenvalue weighted by Gasteiger charge is -2.14. The minimum Gasteiger partial charge on any atom is -0.507 e. The van der Waals surface area contributed by atoms with Gasteiger partial charge in [-0.15, -0.1) is 0 Å². The number of phenols is 2. The van der Waals surface area contributed by atoms with Gasteiger partial charge in [0.05, 0.1) is 5.56 Å². The highest BCUT2D eigenvalue weighted by atomic mass is 19.1. The number of rotatable bonds is 7. The second-order valence-corrected chi connectivity index (χ2v) is 9.22. The molecule has 0 aliphatic carbocycles. The van der Waals surface area contributed by atoms with Crippen molar-refractivity contribution in [2.24, 2.45) is 0 Å². The first-order valence-corrected chi connectivity index (χ1v) is 12.3. The first-order chi connectivity index (χ1) is 18.2. The van der Waals surface area contributed by atoms with Crippen LogP contribution in [0, 0.1) is 12.7 Å². The number of nitrogens with one attached hydrogen (secondary N) is 1. The van der Waals surface area contributed by atoms with E-state index in [1.807, 2.05) is 18.2 Å². The van der Waals surface area contributed by atoms with E-state index in [1.54, 1.807) is 24.3 Å². The molecule has 0 spiro atoms. The summed E-state index contributed by atoms with van der Waals surface area (Å²) >= 11 is 0. The Balaban J connectivity index is 1.53. The number of allylic oxidation sites excluding steroid dienone is 2. The molecule has 4 aromatic carbocycles. The monoisotopic (exact) mass is 511 g/mol. The number of anilines is 1. The average Bonchev–Trinajstić information content (AvgIpc) is 2.89. The molecular formula is C32H30FNO4. The normalized spacial score (nSPS) is 11.6. The van der Waals surface area contributed by atoms with Crippen LogP contribution in [0.25, 0.3) is 16.7 Å². The van der Waals surface area contributed by atoms with E-state index in [0.717, 1.165) is 17.5 Å². The zero-order valence-corrected chi connectivity index (χ0v) is 21.8. The Bertz CT molecular complexity index is 1500. The van der Waals surface area contributed by atoms with Crippen molar-refractivity contribution in [3.05, 3.63) is 107 Å². The van der Waals surface area contributed by atoms with Crippen molar-refractivity contribution in [3.63, 3.8) is 0 Å². The minimum atomic E-state index is -0.439. The van der Waals surface area contributed by atoms with E-state index in [4.69, 9.17) is 4.74 Å². The maximum atomic E-state index is 13.2. The predicted octanol–water partition coefficient (Wildman–Crippen LogP) is 8.46. The molecule has 0 saturated carbocycles. The van der Waals surface area contributed by atoms with Crippen LogP contribution in [-0.4, -0.2) is 16.1 Å². The van der Waals surface area contributed by atoms with E-state index in [9.17, 15) is 19.4 Å². The van der Waals surface area contributed by atoms with E-state index in [-0.39, 0.29) is 22.7 Å². The Kier molecular flexibility index (Phi) is 7.82. The summed E-state index contributed by atoms with van der Waals surface area (Å²) < 4.78 is 19.3. The lowest BCUT2D eigenvalue weighted by molar-refractivity contribution is 0.102. The van der Waals surface area contributed by atoms with Gasteiger partial charge < -0.3 is 20.3 Å². The van der Waals surface area contributed by atoms with E-state index < -0.39 is 11.7 Å². The highest BCUT2D eigenvalue weighted by molar-refractivity contribution is 6.05. The van der Waals surface area contributed by atoms with Crippen LogP contribution in [0.3, 0.4) is 0 Å². The summed E-state index contributed by atoms with van der Waals surface area (Å²) in [7, 11) is 0. The van der Waals surface area contributed by atoms with Crippen LogP contribution in [-0.2, 0) is 0 Å². The van der Waals surface area contributed by atoms with E-state index in [1.165, 1.54) is 47.5 Å². The van der Waals surface area contributed by atoms with Crippen molar-refractivity contribution < 1.29 is 24.1 Å². The quantitative estimate of drug-likeness (QED) is 0.233. The maximum absolute atomic E-state index is 13.2.